The highest BCUT2D eigenvalue weighted by atomic mass is 19.3. The third-order valence-electron chi connectivity index (χ3n) is 5.83. The first kappa shape index (κ1) is 24.5. The van der Waals surface area contributed by atoms with Crippen LogP contribution in [-0.2, 0) is 7.05 Å². The van der Waals surface area contributed by atoms with E-state index in [0.717, 1.165) is 6.20 Å². The Morgan fingerprint density at radius 1 is 1.05 bits per heavy atom. The number of nitrogens with one attached hydrogen (secondary N) is 1. The summed E-state index contributed by atoms with van der Waals surface area (Å²) < 4.78 is 31.0. The maximum Gasteiger partial charge on any atom is 0.350 e. The summed E-state index contributed by atoms with van der Waals surface area (Å²) >= 11 is 0. The molecule has 0 aliphatic rings. The van der Waals surface area contributed by atoms with Gasteiger partial charge in [-0.15, -0.1) is 0 Å². The Hall–Kier alpha value is -5.20. The van der Waals surface area contributed by atoms with E-state index < -0.39 is 23.9 Å². The number of rotatable bonds is 6. The molecule has 11 nitrogen and oxygen atoms in total. The minimum absolute atomic E-state index is 0.168. The van der Waals surface area contributed by atoms with Crippen molar-refractivity contribution in [2.24, 2.45) is 12.8 Å². The molecule has 0 aliphatic heterocycles. The summed E-state index contributed by atoms with van der Waals surface area (Å²) in [6.45, 7) is 1.71. The minimum atomic E-state index is -2.95. The molecule has 2 aromatic carbocycles. The van der Waals surface area contributed by atoms with Crippen LogP contribution in [0, 0.1) is 6.92 Å². The minimum Gasteiger partial charge on any atom is -0.366 e. The van der Waals surface area contributed by atoms with Crippen molar-refractivity contribution in [3.8, 4) is 16.9 Å². The zero-order chi connectivity index (χ0) is 27.1. The summed E-state index contributed by atoms with van der Waals surface area (Å²) in [7, 11) is 1.56. The van der Waals surface area contributed by atoms with Crippen molar-refractivity contribution in [2.75, 3.05) is 5.32 Å². The Balaban J connectivity index is 1.53. The predicted molar refractivity (Wildman–Crippen MR) is 133 cm³/mol. The Kier molecular flexibility index (Phi) is 6.03. The van der Waals surface area contributed by atoms with Crippen LogP contribution in [0.3, 0.4) is 0 Å². The topological polar surface area (TPSA) is 142 Å². The first-order valence-electron chi connectivity index (χ1n) is 11.3. The lowest BCUT2D eigenvalue weighted by molar-refractivity contribution is 0.0995. The number of carbonyl (C=O) groups excluding carboxylic acids is 2. The van der Waals surface area contributed by atoms with Crippen LogP contribution in [0.25, 0.3) is 22.5 Å². The number of anilines is 1. The number of alkyl halides is 2. The van der Waals surface area contributed by atoms with Gasteiger partial charge in [0, 0.05) is 23.9 Å². The number of benzene rings is 2. The Bertz CT molecular complexity index is 1770. The van der Waals surface area contributed by atoms with Crippen molar-refractivity contribution in [1.82, 2.24) is 28.9 Å². The van der Waals surface area contributed by atoms with Crippen LogP contribution < -0.4 is 16.7 Å². The molecule has 13 heteroatoms. The third kappa shape index (κ3) is 4.40. The second kappa shape index (κ2) is 9.35. The summed E-state index contributed by atoms with van der Waals surface area (Å²) in [6, 6.07) is 14.3. The van der Waals surface area contributed by atoms with Gasteiger partial charge in [-0.3, -0.25) is 9.59 Å². The molecule has 5 rings (SSSR count). The van der Waals surface area contributed by atoms with E-state index in [0.29, 0.717) is 22.8 Å². The van der Waals surface area contributed by atoms with E-state index in [1.54, 1.807) is 44.3 Å². The Morgan fingerprint density at radius 3 is 2.42 bits per heavy atom. The molecule has 5 aromatic rings. The first-order chi connectivity index (χ1) is 18.1. The maximum atomic E-state index is 13.6. The SMILES string of the molecule is Cc1nn(C)c(=O)n1-c1ccc(-c2cc3c(C(=O)Nc4cccc(C(N)=O)c4)nc(C(F)F)cn3n2)cc1. The summed E-state index contributed by atoms with van der Waals surface area (Å²) in [6.07, 6.45) is -1.89. The molecule has 2 amide bonds. The van der Waals surface area contributed by atoms with E-state index in [1.807, 2.05) is 0 Å². The van der Waals surface area contributed by atoms with Gasteiger partial charge in [0.2, 0.25) is 5.91 Å². The van der Waals surface area contributed by atoms with Crippen molar-refractivity contribution in [1.29, 1.82) is 0 Å². The van der Waals surface area contributed by atoms with Gasteiger partial charge in [-0.05, 0) is 43.3 Å². The van der Waals surface area contributed by atoms with E-state index in [2.05, 4.69) is 20.5 Å². The molecular weight excluding hydrogens is 498 g/mol. The van der Waals surface area contributed by atoms with E-state index >= 15 is 0 Å². The van der Waals surface area contributed by atoms with Gasteiger partial charge in [0.15, 0.2) is 5.69 Å². The van der Waals surface area contributed by atoms with Gasteiger partial charge in [-0.1, -0.05) is 18.2 Å². The second-order valence-electron chi connectivity index (χ2n) is 8.41. The van der Waals surface area contributed by atoms with Gasteiger partial charge < -0.3 is 11.1 Å². The lowest BCUT2D eigenvalue weighted by Crippen LogP contribution is -2.21. The molecule has 3 N–H and O–H groups in total. The van der Waals surface area contributed by atoms with Crippen LogP contribution in [0.2, 0.25) is 0 Å². The molecule has 0 saturated heterocycles. The molecule has 0 saturated carbocycles. The zero-order valence-corrected chi connectivity index (χ0v) is 20.1. The molecule has 0 bridgehead atoms. The fourth-order valence-electron chi connectivity index (χ4n) is 4.03. The van der Waals surface area contributed by atoms with Crippen molar-refractivity contribution in [3.05, 3.63) is 94.1 Å². The molecule has 38 heavy (non-hydrogen) atoms. The molecule has 192 valence electrons. The highest BCUT2D eigenvalue weighted by Gasteiger charge is 2.21. The molecule has 3 heterocycles. The number of halogens is 2. The van der Waals surface area contributed by atoms with Crippen LogP contribution in [0.15, 0.2) is 65.6 Å². The van der Waals surface area contributed by atoms with Crippen molar-refractivity contribution in [2.45, 2.75) is 13.3 Å². The predicted octanol–water partition coefficient (Wildman–Crippen LogP) is 2.88. The third-order valence-corrected chi connectivity index (χ3v) is 5.83. The smallest absolute Gasteiger partial charge is 0.350 e. The van der Waals surface area contributed by atoms with E-state index in [4.69, 9.17) is 5.73 Å². The number of amides is 2. The fourth-order valence-corrected chi connectivity index (χ4v) is 4.03. The summed E-state index contributed by atoms with van der Waals surface area (Å²) in [5.41, 5.74) is 6.28. The lowest BCUT2D eigenvalue weighted by atomic mass is 10.1. The summed E-state index contributed by atoms with van der Waals surface area (Å²) in [4.78, 5) is 40.8. The molecule has 0 spiro atoms. The van der Waals surface area contributed by atoms with Gasteiger partial charge in [-0.25, -0.2) is 32.3 Å². The highest BCUT2D eigenvalue weighted by molar-refractivity contribution is 6.08. The number of hydrogen-bond acceptors (Lipinski definition) is 6. The number of aromatic nitrogens is 6. The van der Waals surface area contributed by atoms with Crippen LogP contribution in [0.5, 0.6) is 0 Å². The Labute approximate surface area is 213 Å². The lowest BCUT2D eigenvalue weighted by Gasteiger charge is -2.09. The molecule has 3 aromatic heterocycles. The van der Waals surface area contributed by atoms with E-state index in [-0.39, 0.29) is 28.2 Å². The van der Waals surface area contributed by atoms with Crippen molar-refractivity contribution in [3.63, 3.8) is 0 Å². The summed E-state index contributed by atoms with van der Waals surface area (Å²) in [5, 5.41) is 11.0. The van der Waals surface area contributed by atoms with E-state index in [9.17, 15) is 23.2 Å². The number of nitrogens with zero attached hydrogens (tertiary/aromatic N) is 6. The number of aryl methyl sites for hydroxylation is 2. The number of hydrogen-bond donors (Lipinski definition) is 2. The molecular formula is C25H20F2N8O3. The van der Waals surface area contributed by atoms with Crippen LogP contribution >= 0.6 is 0 Å². The van der Waals surface area contributed by atoms with Crippen molar-refractivity contribution < 1.29 is 18.4 Å². The van der Waals surface area contributed by atoms with Crippen LogP contribution in [0.1, 0.15) is 38.8 Å². The van der Waals surface area contributed by atoms with Crippen molar-refractivity contribution >= 4 is 23.0 Å². The zero-order valence-electron chi connectivity index (χ0n) is 20.1. The molecule has 0 unspecified atom stereocenters. The largest absolute Gasteiger partial charge is 0.366 e. The molecule has 0 fully saturated rings. The molecule has 0 radical (unpaired) electrons. The maximum absolute atomic E-state index is 13.6. The van der Waals surface area contributed by atoms with Gasteiger partial charge in [0.25, 0.3) is 12.3 Å². The van der Waals surface area contributed by atoms with Gasteiger partial charge >= 0.3 is 5.69 Å². The van der Waals surface area contributed by atoms with Crippen LogP contribution in [0.4, 0.5) is 14.5 Å². The monoisotopic (exact) mass is 518 g/mol. The summed E-state index contributed by atoms with van der Waals surface area (Å²) in [5.74, 6) is -0.940. The number of primary amides is 1. The molecule has 0 aliphatic carbocycles. The first-order valence-corrected chi connectivity index (χ1v) is 11.3. The molecule has 0 atom stereocenters. The van der Waals surface area contributed by atoms with Gasteiger partial charge in [-0.2, -0.15) is 10.2 Å². The number of nitrogens with two attached hydrogens (primary N) is 1. The number of carbonyl (C=O) groups is 2. The average Bonchev–Trinajstić information content (AvgIpc) is 3.43. The normalized spacial score (nSPS) is 11.3. The highest BCUT2D eigenvalue weighted by Crippen LogP contribution is 2.26. The average molecular weight is 518 g/mol. The van der Waals surface area contributed by atoms with E-state index in [1.165, 1.54) is 38.0 Å². The van der Waals surface area contributed by atoms with Crippen LogP contribution in [-0.4, -0.2) is 40.8 Å². The Morgan fingerprint density at radius 2 is 1.79 bits per heavy atom. The van der Waals surface area contributed by atoms with Gasteiger partial charge in [0.1, 0.15) is 11.5 Å². The van der Waals surface area contributed by atoms with Gasteiger partial charge in [0.05, 0.1) is 23.1 Å². The fraction of sp³-hybridized carbons (Fsp3) is 0.120. The quantitative estimate of drug-likeness (QED) is 0.354. The second-order valence-corrected chi connectivity index (χ2v) is 8.41. The number of fused-ring (bicyclic) bond motifs is 1. The standard InChI is InChI=1S/C25H20F2N8O3/c1-13-31-33(2)25(38)35(13)17-8-6-14(7-9-17)18-11-20-21(30-19(22(26)27)12-34(20)32-18)24(37)29-16-5-3-4-15(10-16)23(28)36/h3-12,22H,1-2H3,(H2,28,36)(H,29,37).